The molecular formula is C46H63N5O8. The van der Waals surface area contributed by atoms with E-state index in [4.69, 9.17) is 14.4 Å². The van der Waals surface area contributed by atoms with Gasteiger partial charge >= 0.3 is 0 Å². The number of aliphatic hydroxyl groups excluding tert-OH is 2. The zero-order valence-electron chi connectivity index (χ0n) is 36.0. The number of methoxy groups -OCH3 is 1. The Morgan fingerprint density at radius 2 is 1.71 bits per heavy atom. The van der Waals surface area contributed by atoms with E-state index in [1.54, 1.807) is 37.3 Å². The molecule has 3 aliphatic carbocycles. The third-order valence-electron chi connectivity index (χ3n) is 13.2. The first kappa shape index (κ1) is 44.2. The van der Waals surface area contributed by atoms with Gasteiger partial charge in [-0.3, -0.25) is 24.1 Å². The number of ether oxygens (including phenoxy) is 1. The summed E-state index contributed by atoms with van der Waals surface area (Å²) < 4.78 is 6.07. The molecule has 3 aromatic carbocycles. The Morgan fingerprint density at radius 3 is 2.32 bits per heavy atom. The number of carbonyl (C=O) groups is 3. The molecule has 59 heavy (non-hydrogen) atoms. The highest BCUT2D eigenvalue weighted by Gasteiger charge is 2.57. The van der Waals surface area contributed by atoms with Crippen LogP contribution < -0.4 is 15.4 Å². The molecule has 4 N–H and O–H groups in total. The molecule has 13 heteroatoms. The van der Waals surface area contributed by atoms with Crippen molar-refractivity contribution in [2.24, 2.45) is 29.1 Å². The molecule has 2 bridgehead atoms. The van der Waals surface area contributed by atoms with Gasteiger partial charge in [0.15, 0.2) is 0 Å². The lowest BCUT2D eigenvalue weighted by Gasteiger charge is -2.62. The van der Waals surface area contributed by atoms with Crippen LogP contribution in [-0.4, -0.2) is 122 Å². The van der Waals surface area contributed by atoms with E-state index in [0.717, 1.165) is 17.0 Å². The highest BCUT2D eigenvalue weighted by molar-refractivity contribution is 6.01. The van der Waals surface area contributed by atoms with Crippen LogP contribution in [0.25, 0.3) is 11.1 Å². The Labute approximate surface area is 348 Å². The number of amides is 3. The largest absolute Gasteiger partial charge is 0.496 e. The summed E-state index contributed by atoms with van der Waals surface area (Å²) in [5.41, 5.74) is 3.67. The summed E-state index contributed by atoms with van der Waals surface area (Å²) in [5, 5.41) is 30.6. The van der Waals surface area contributed by atoms with Crippen molar-refractivity contribution >= 4 is 17.7 Å². The summed E-state index contributed by atoms with van der Waals surface area (Å²) in [6.07, 6.45) is 0.930. The average molecular weight is 814 g/mol. The molecule has 1 heterocycles. The van der Waals surface area contributed by atoms with Crippen molar-refractivity contribution in [3.63, 3.8) is 0 Å². The maximum absolute atomic E-state index is 14.3. The van der Waals surface area contributed by atoms with Crippen LogP contribution in [0.2, 0.25) is 0 Å². The molecule has 3 saturated carbocycles. The fraction of sp³-hybridized carbons (Fsp3) is 0.543. The van der Waals surface area contributed by atoms with Crippen molar-refractivity contribution in [3.05, 3.63) is 89.0 Å². The molecule has 1 saturated heterocycles. The molecule has 7 rings (SSSR count). The van der Waals surface area contributed by atoms with E-state index in [2.05, 4.69) is 31.4 Å². The number of fused-ring (bicyclic) bond motifs is 2. The molecule has 0 radical (unpaired) electrons. The van der Waals surface area contributed by atoms with Gasteiger partial charge in [-0.15, -0.1) is 0 Å². The minimum absolute atomic E-state index is 0.00292. The number of hydroxylamine groups is 4. The first-order valence-electron chi connectivity index (χ1n) is 20.7. The Balaban J connectivity index is 1.32. The monoisotopic (exact) mass is 813 g/mol. The Kier molecular flexibility index (Phi) is 13.8. The van der Waals surface area contributed by atoms with E-state index in [0.29, 0.717) is 53.2 Å². The van der Waals surface area contributed by atoms with Crippen LogP contribution in [0.5, 0.6) is 5.75 Å². The van der Waals surface area contributed by atoms with E-state index in [-0.39, 0.29) is 53.6 Å². The smallest absolute Gasteiger partial charge is 0.277 e. The van der Waals surface area contributed by atoms with E-state index < -0.39 is 30.1 Å². The van der Waals surface area contributed by atoms with Gasteiger partial charge in [-0.1, -0.05) is 69.3 Å². The maximum Gasteiger partial charge on any atom is 0.277 e. The molecular weight excluding hydrogens is 751 g/mol. The highest BCUT2D eigenvalue weighted by Crippen LogP contribution is 2.61. The zero-order valence-corrected chi connectivity index (χ0v) is 36.0. The van der Waals surface area contributed by atoms with Crippen LogP contribution in [0.3, 0.4) is 0 Å². The second-order valence-corrected chi connectivity index (χ2v) is 17.6. The number of rotatable bonds is 16. The van der Waals surface area contributed by atoms with Crippen LogP contribution in [0.4, 0.5) is 0 Å². The lowest BCUT2D eigenvalue weighted by Crippen LogP contribution is -2.62. The van der Waals surface area contributed by atoms with Crippen molar-refractivity contribution in [1.29, 1.82) is 0 Å². The summed E-state index contributed by atoms with van der Waals surface area (Å²) in [5.74, 6) is 0.0805. The second kappa shape index (κ2) is 18.5. The predicted octanol–water partition coefficient (Wildman–Crippen LogP) is 4.56. The standard InChI is InChI=1S/C46H63N5O8/c1-27-37-22-34(46(37,3)4)23-38(27)48-44(55)41-40(28(2)53)39(26-52)59-51(41)24-30-16-13-17-36(42(30)57-8)31-19-32(21-33(20-31)45(56)50(7)58-9)43(54)47-35(25-49(5)6)18-29-14-11-10-12-15-29/h10-17,19-21,27-28,34-35,37-41,52-53H,18,22-26H2,1-9H3,(H,47,54)(H,48,55)/t27-,28-,34-,35-,37+,38-,39-,40+,41-/m0/s1. The first-order chi connectivity index (χ1) is 28.1. The third kappa shape index (κ3) is 9.35. The lowest BCUT2D eigenvalue weighted by atomic mass is 9.45. The lowest BCUT2D eigenvalue weighted by molar-refractivity contribution is -0.183. The van der Waals surface area contributed by atoms with Gasteiger partial charge in [0.05, 0.1) is 33.5 Å². The molecule has 0 unspecified atom stereocenters. The number of carbonyl (C=O) groups excluding carboxylic acids is 3. The molecule has 4 aliphatic rings. The highest BCUT2D eigenvalue weighted by atomic mass is 16.7. The fourth-order valence-corrected chi connectivity index (χ4v) is 9.90. The van der Waals surface area contributed by atoms with Gasteiger partial charge in [0.1, 0.15) is 17.9 Å². The molecule has 320 valence electrons. The molecule has 1 aliphatic heterocycles. The Morgan fingerprint density at radius 1 is 1.00 bits per heavy atom. The molecule has 9 atom stereocenters. The van der Waals surface area contributed by atoms with Crippen molar-refractivity contribution in [2.45, 2.75) is 83.8 Å². The van der Waals surface area contributed by atoms with Gasteiger partial charge in [-0.05, 0) is 92.8 Å². The second-order valence-electron chi connectivity index (χ2n) is 17.6. The Bertz CT molecular complexity index is 1960. The SMILES string of the molecule is COc1c(CN2O[C@@H](CO)[C@@H]([C@H](C)O)[C@H]2C(=O)N[C@H]2C[C@@H]3C[C@H]([C@@H]2C)C3(C)C)cccc1-c1cc(C(=O)N[C@@H](Cc2ccccc2)CN(C)C)cc(C(=O)N(C)OC)c1. The number of hydrogen-bond donors (Lipinski definition) is 4. The summed E-state index contributed by atoms with van der Waals surface area (Å²) in [7, 11) is 8.35. The van der Waals surface area contributed by atoms with Gasteiger partial charge in [0.25, 0.3) is 11.8 Å². The summed E-state index contributed by atoms with van der Waals surface area (Å²) in [6.45, 7) is 8.77. The van der Waals surface area contributed by atoms with Gasteiger partial charge in [0.2, 0.25) is 5.91 Å². The number of para-hydroxylation sites is 1. The fourth-order valence-electron chi connectivity index (χ4n) is 9.90. The number of nitrogens with zero attached hydrogens (tertiary/aromatic N) is 3. The minimum Gasteiger partial charge on any atom is -0.496 e. The topological polar surface area (TPSA) is 153 Å². The third-order valence-corrected chi connectivity index (χ3v) is 13.2. The van der Waals surface area contributed by atoms with Gasteiger partial charge < -0.3 is 30.5 Å². The van der Waals surface area contributed by atoms with Crippen molar-refractivity contribution in [3.8, 4) is 16.9 Å². The van der Waals surface area contributed by atoms with Crippen molar-refractivity contribution in [2.75, 3.05) is 48.5 Å². The van der Waals surface area contributed by atoms with Crippen LogP contribution in [0, 0.1) is 29.1 Å². The molecule has 0 aromatic heterocycles. The maximum atomic E-state index is 14.3. The first-order valence-corrected chi connectivity index (χ1v) is 20.7. The number of aliphatic hydroxyl groups is 2. The zero-order chi connectivity index (χ0) is 42.8. The minimum atomic E-state index is -0.947. The van der Waals surface area contributed by atoms with E-state index >= 15 is 0 Å². The number of likely N-dealkylation sites (N-methyl/N-ethyl adjacent to an activating group) is 1. The van der Waals surface area contributed by atoms with E-state index in [9.17, 15) is 24.6 Å². The summed E-state index contributed by atoms with van der Waals surface area (Å²) >= 11 is 0. The van der Waals surface area contributed by atoms with E-state index in [1.807, 2.05) is 67.5 Å². The molecule has 0 spiro atoms. The number of hydrogen-bond acceptors (Lipinski definition) is 10. The summed E-state index contributed by atoms with van der Waals surface area (Å²) in [4.78, 5) is 55.6. The predicted molar refractivity (Wildman–Crippen MR) is 225 cm³/mol. The molecule has 3 aromatic rings. The normalized spacial score (nSPS) is 25.8. The van der Waals surface area contributed by atoms with Crippen LogP contribution >= 0.6 is 0 Å². The van der Waals surface area contributed by atoms with Gasteiger partial charge in [-0.25, -0.2) is 5.06 Å². The van der Waals surface area contributed by atoms with E-state index in [1.165, 1.54) is 20.6 Å². The van der Waals surface area contributed by atoms with Gasteiger partial charge in [0, 0.05) is 53.8 Å². The molecule has 3 amide bonds. The average Bonchev–Trinajstić information content (AvgIpc) is 3.59. The summed E-state index contributed by atoms with van der Waals surface area (Å²) in [6, 6.07) is 19.4. The molecule has 13 nitrogen and oxygen atoms in total. The van der Waals surface area contributed by atoms with Crippen LogP contribution in [0.1, 0.15) is 72.4 Å². The van der Waals surface area contributed by atoms with Crippen LogP contribution in [0.15, 0.2) is 66.7 Å². The van der Waals surface area contributed by atoms with Gasteiger partial charge in [-0.2, -0.15) is 5.06 Å². The quantitative estimate of drug-likeness (QED) is 0.152. The molecule has 4 fully saturated rings. The Hall–Kier alpha value is -4.37. The van der Waals surface area contributed by atoms with Crippen molar-refractivity contribution < 1.29 is 39.0 Å². The number of benzene rings is 3. The van der Waals surface area contributed by atoms with Crippen molar-refractivity contribution in [1.82, 2.24) is 25.7 Å². The number of nitrogens with one attached hydrogen (secondary N) is 2. The van der Waals surface area contributed by atoms with Crippen LogP contribution in [-0.2, 0) is 27.4 Å².